The first-order valence-electron chi connectivity index (χ1n) is 6.24. The van der Waals surface area contributed by atoms with Crippen molar-refractivity contribution in [3.8, 4) is 5.95 Å². The zero-order valence-corrected chi connectivity index (χ0v) is 11.3. The minimum absolute atomic E-state index is 0.576. The van der Waals surface area contributed by atoms with Gasteiger partial charge in [0.05, 0.1) is 5.69 Å². The Kier molecular flexibility index (Phi) is 2.82. The highest BCUT2D eigenvalue weighted by Crippen LogP contribution is 2.28. The average Bonchev–Trinajstić information content (AvgIpc) is 2.66. The quantitative estimate of drug-likeness (QED) is 0.794. The molecular formula is C13H15ClN4. The van der Waals surface area contributed by atoms with Crippen LogP contribution in [-0.2, 0) is 12.8 Å². The minimum atomic E-state index is 0.576. The monoisotopic (exact) mass is 262 g/mol. The molecule has 94 valence electrons. The number of nitrogens with zero attached hydrogens (tertiary/aromatic N) is 4. The molecule has 0 spiro atoms. The van der Waals surface area contributed by atoms with E-state index in [1.54, 1.807) is 4.68 Å². The molecule has 2 aromatic heterocycles. The van der Waals surface area contributed by atoms with Crippen LogP contribution in [0.3, 0.4) is 0 Å². The summed E-state index contributed by atoms with van der Waals surface area (Å²) in [4.78, 5) is 8.83. The first-order chi connectivity index (χ1) is 8.65. The van der Waals surface area contributed by atoms with Crippen LogP contribution in [-0.4, -0.2) is 19.7 Å². The smallest absolute Gasteiger partial charge is 0.216 e. The molecule has 0 amide bonds. The topological polar surface area (TPSA) is 43.6 Å². The van der Waals surface area contributed by atoms with Gasteiger partial charge in [-0.2, -0.15) is 9.78 Å². The molecule has 4 nitrogen and oxygen atoms in total. The number of hydrogen-bond acceptors (Lipinski definition) is 3. The molecule has 0 aromatic carbocycles. The standard InChI is InChI=1S/C13H15ClN4/c1-8-7-9(2)16-13(15-8)18-12(14)10-5-3-4-6-11(10)17-18/h7H,3-6H2,1-2H3. The van der Waals surface area contributed by atoms with E-state index in [2.05, 4.69) is 15.1 Å². The lowest BCUT2D eigenvalue weighted by molar-refractivity contribution is 0.668. The van der Waals surface area contributed by atoms with Crippen molar-refractivity contribution in [1.29, 1.82) is 0 Å². The van der Waals surface area contributed by atoms with Crippen molar-refractivity contribution in [3.05, 3.63) is 33.9 Å². The van der Waals surface area contributed by atoms with Crippen molar-refractivity contribution < 1.29 is 0 Å². The van der Waals surface area contributed by atoms with Crippen molar-refractivity contribution in [2.24, 2.45) is 0 Å². The first kappa shape index (κ1) is 11.7. The predicted octanol–water partition coefficient (Wildman–Crippen LogP) is 2.81. The average molecular weight is 263 g/mol. The van der Waals surface area contributed by atoms with Crippen LogP contribution in [0.4, 0.5) is 0 Å². The van der Waals surface area contributed by atoms with E-state index in [-0.39, 0.29) is 0 Å². The van der Waals surface area contributed by atoms with E-state index in [9.17, 15) is 0 Å². The Hall–Kier alpha value is -1.42. The highest BCUT2D eigenvalue weighted by Gasteiger charge is 2.21. The van der Waals surface area contributed by atoms with E-state index in [0.717, 1.165) is 29.9 Å². The van der Waals surface area contributed by atoms with Gasteiger partial charge in [-0.15, -0.1) is 0 Å². The van der Waals surface area contributed by atoms with E-state index in [1.165, 1.54) is 18.4 Å². The maximum absolute atomic E-state index is 6.40. The lowest BCUT2D eigenvalue weighted by atomic mass is 9.99. The Morgan fingerprint density at radius 1 is 1.11 bits per heavy atom. The van der Waals surface area contributed by atoms with E-state index >= 15 is 0 Å². The molecule has 5 heteroatoms. The van der Waals surface area contributed by atoms with E-state index in [1.807, 2.05) is 19.9 Å². The number of rotatable bonds is 1. The van der Waals surface area contributed by atoms with Gasteiger partial charge in [-0.05, 0) is 45.6 Å². The Labute approximate surface area is 111 Å². The van der Waals surface area contributed by atoms with Crippen LogP contribution in [0.25, 0.3) is 5.95 Å². The Morgan fingerprint density at radius 3 is 2.44 bits per heavy atom. The van der Waals surface area contributed by atoms with Gasteiger partial charge < -0.3 is 0 Å². The van der Waals surface area contributed by atoms with Crippen molar-refractivity contribution in [3.63, 3.8) is 0 Å². The second-order valence-corrected chi connectivity index (χ2v) is 5.14. The van der Waals surface area contributed by atoms with E-state index < -0.39 is 0 Å². The van der Waals surface area contributed by atoms with E-state index in [4.69, 9.17) is 11.6 Å². The van der Waals surface area contributed by atoms with E-state index in [0.29, 0.717) is 11.1 Å². The molecular weight excluding hydrogens is 248 g/mol. The van der Waals surface area contributed by atoms with Gasteiger partial charge in [0.25, 0.3) is 5.95 Å². The largest absolute Gasteiger partial charge is 0.252 e. The van der Waals surface area contributed by atoms with Crippen LogP contribution in [0.1, 0.15) is 35.5 Å². The molecule has 18 heavy (non-hydrogen) atoms. The number of hydrogen-bond donors (Lipinski definition) is 0. The van der Waals surface area contributed by atoms with Gasteiger partial charge in [0, 0.05) is 17.0 Å². The van der Waals surface area contributed by atoms with Crippen molar-refractivity contribution in [2.45, 2.75) is 39.5 Å². The van der Waals surface area contributed by atoms with Crippen LogP contribution in [0, 0.1) is 13.8 Å². The number of aromatic nitrogens is 4. The summed E-state index contributed by atoms with van der Waals surface area (Å²) in [7, 11) is 0. The molecule has 2 heterocycles. The van der Waals surface area contributed by atoms with Gasteiger partial charge in [0.1, 0.15) is 5.15 Å². The van der Waals surface area contributed by atoms with Gasteiger partial charge in [-0.25, -0.2) is 9.97 Å². The van der Waals surface area contributed by atoms with Gasteiger partial charge in [0.2, 0.25) is 0 Å². The first-order valence-corrected chi connectivity index (χ1v) is 6.62. The highest BCUT2D eigenvalue weighted by atomic mass is 35.5. The molecule has 1 aliphatic carbocycles. The third-order valence-corrected chi connectivity index (χ3v) is 3.64. The summed E-state index contributed by atoms with van der Waals surface area (Å²) < 4.78 is 1.68. The summed E-state index contributed by atoms with van der Waals surface area (Å²) in [5, 5.41) is 5.24. The fraction of sp³-hybridized carbons (Fsp3) is 0.462. The second-order valence-electron chi connectivity index (χ2n) is 4.79. The lowest BCUT2D eigenvalue weighted by Crippen LogP contribution is -2.05. The molecule has 0 N–H and O–H groups in total. The molecule has 0 atom stereocenters. The molecule has 3 rings (SSSR count). The second kappa shape index (κ2) is 4.35. The van der Waals surface area contributed by atoms with Crippen molar-refractivity contribution in [2.75, 3.05) is 0 Å². The van der Waals surface area contributed by atoms with Gasteiger partial charge in [-0.1, -0.05) is 11.6 Å². The Bertz CT molecular complexity index is 583. The maximum Gasteiger partial charge on any atom is 0.252 e. The molecule has 0 radical (unpaired) electrons. The molecule has 0 unspecified atom stereocenters. The molecule has 0 bridgehead atoms. The molecule has 1 aliphatic rings. The lowest BCUT2D eigenvalue weighted by Gasteiger charge is -2.07. The zero-order valence-electron chi connectivity index (χ0n) is 10.6. The molecule has 0 aliphatic heterocycles. The Morgan fingerprint density at radius 2 is 1.78 bits per heavy atom. The van der Waals surface area contributed by atoms with Crippen LogP contribution in [0.5, 0.6) is 0 Å². The molecule has 0 fully saturated rings. The van der Waals surface area contributed by atoms with Crippen LogP contribution in [0.15, 0.2) is 6.07 Å². The minimum Gasteiger partial charge on any atom is -0.216 e. The zero-order chi connectivity index (χ0) is 12.7. The predicted molar refractivity (Wildman–Crippen MR) is 70.3 cm³/mol. The van der Waals surface area contributed by atoms with Crippen molar-refractivity contribution in [1.82, 2.24) is 19.7 Å². The third-order valence-electron chi connectivity index (χ3n) is 3.25. The molecule has 0 saturated heterocycles. The van der Waals surface area contributed by atoms with Crippen LogP contribution in [0.2, 0.25) is 5.15 Å². The number of fused-ring (bicyclic) bond motifs is 1. The number of halogens is 1. The summed E-state index contributed by atoms with van der Waals surface area (Å²) in [5.74, 6) is 0.576. The summed E-state index contributed by atoms with van der Waals surface area (Å²) in [5.41, 5.74) is 4.14. The summed E-state index contributed by atoms with van der Waals surface area (Å²) in [6, 6.07) is 1.95. The summed E-state index contributed by atoms with van der Waals surface area (Å²) in [6.45, 7) is 3.91. The van der Waals surface area contributed by atoms with Gasteiger partial charge >= 0.3 is 0 Å². The number of aryl methyl sites for hydroxylation is 3. The molecule has 0 saturated carbocycles. The van der Waals surface area contributed by atoms with Crippen LogP contribution < -0.4 is 0 Å². The summed E-state index contributed by atoms with van der Waals surface area (Å²) >= 11 is 6.40. The third kappa shape index (κ3) is 1.90. The summed E-state index contributed by atoms with van der Waals surface area (Å²) in [6.07, 6.45) is 4.39. The maximum atomic E-state index is 6.40. The SMILES string of the molecule is Cc1cc(C)nc(-n2nc3c(c2Cl)CCCC3)n1. The fourth-order valence-corrected chi connectivity index (χ4v) is 2.77. The van der Waals surface area contributed by atoms with Crippen molar-refractivity contribution >= 4 is 11.6 Å². The normalized spacial score (nSPS) is 14.6. The Balaban J connectivity index is 2.14. The fourth-order valence-electron chi connectivity index (χ4n) is 2.45. The van der Waals surface area contributed by atoms with Gasteiger partial charge in [-0.3, -0.25) is 0 Å². The van der Waals surface area contributed by atoms with Gasteiger partial charge in [0.15, 0.2) is 0 Å². The highest BCUT2D eigenvalue weighted by molar-refractivity contribution is 6.30. The van der Waals surface area contributed by atoms with Crippen LogP contribution >= 0.6 is 11.6 Å². The molecule has 2 aromatic rings.